The first-order valence-electron chi connectivity index (χ1n) is 11.5. The number of nitrogens with one attached hydrogen (secondary N) is 2. The number of H-pyrrole nitrogens is 2. The maximum atomic E-state index is 4.62. The summed E-state index contributed by atoms with van der Waals surface area (Å²) in [4.78, 5) is 16.0. The van der Waals surface area contributed by atoms with Crippen molar-refractivity contribution in [2.45, 2.75) is 27.7 Å². The standard InChI is InChI=1S/C20H14N4.C10H14.Co/c1-2-14-10-16-5-6-18(23-16)12-20-8-7-19(24-20)11-17-4-3-15(22-17)9-13(1)21-14;1-7-5-9(3)10(4)6-8(7)2;/h1-12,21-22H;5-6H,1-4H3;. The van der Waals surface area contributed by atoms with Gasteiger partial charge in [-0.05, 0) is 123 Å². The Hall–Kier alpha value is -3.67. The number of aryl methyl sites for hydroxylation is 4. The van der Waals surface area contributed by atoms with E-state index in [9.17, 15) is 0 Å². The molecule has 177 valence electrons. The third-order valence-electron chi connectivity index (χ3n) is 6.15. The predicted molar refractivity (Wildman–Crippen MR) is 144 cm³/mol. The van der Waals surface area contributed by atoms with Crippen molar-refractivity contribution in [2.75, 3.05) is 0 Å². The minimum absolute atomic E-state index is 0. The van der Waals surface area contributed by atoms with E-state index in [1.807, 2.05) is 42.5 Å². The van der Waals surface area contributed by atoms with Crippen LogP contribution in [0.3, 0.4) is 0 Å². The molecule has 2 N–H and O–H groups in total. The molecule has 4 aromatic rings. The number of hydrogen-bond donors (Lipinski definition) is 2. The van der Waals surface area contributed by atoms with Crippen LogP contribution in [0.15, 0.2) is 60.7 Å². The van der Waals surface area contributed by atoms with Gasteiger partial charge in [-0.15, -0.1) is 0 Å². The molecule has 3 aromatic heterocycles. The Kier molecular flexibility index (Phi) is 7.19. The van der Waals surface area contributed by atoms with E-state index in [-0.39, 0.29) is 16.8 Å². The van der Waals surface area contributed by atoms with E-state index in [4.69, 9.17) is 0 Å². The molecule has 0 fully saturated rings. The summed E-state index contributed by atoms with van der Waals surface area (Å²) in [5.74, 6) is 0. The molecule has 0 unspecified atom stereocenters. The molecule has 2 aliphatic heterocycles. The molecule has 0 aliphatic carbocycles. The Morgan fingerprint density at radius 3 is 1.11 bits per heavy atom. The molecule has 1 radical (unpaired) electrons. The van der Waals surface area contributed by atoms with Gasteiger partial charge in [-0.1, -0.05) is 12.1 Å². The van der Waals surface area contributed by atoms with Gasteiger partial charge in [0, 0.05) is 38.8 Å². The third-order valence-corrected chi connectivity index (χ3v) is 6.15. The van der Waals surface area contributed by atoms with Gasteiger partial charge in [-0.2, -0.15) is 0 Å². The van der Waals surface area contributed by atoms with E-state index < -0.39 is 0 Å². The summed E-state index contributed by atoms with van der Waals surface area (Å²) in [5, 5.41) is 0. The minimum Gasteiger partial charge on any atom is -0.355 e. The molecule has 6 rings (SSSR count). The molecular formula is C30H28CoN4. The van der Waals surface area contributed by atoms with Crippen molar-refractivity contribution < 1.29 is 16.8 Å². The normalized spacial score (nSPS) is 11.5. The average molecular weight is 504 g/mol. The number of fused-ring (bicyclic) bond motifs is 8. The maximum absolute atomic E-state index is 4.62. The van der Waals surface area contributed by atoms with E-state index in [1.165, 1.54) is 22.3 Å². The monoisotopic (exact) mass is 503 g/mol. The summed E-state index contributed by atoms with van der Waals surface area (Å²) in [5.41, 5.74) is 13.4. The molecule has 0 amide bonds. The number of rotatable bonds is 0. The van der Waals surface area contributed by atoms with Crippen LogP contribution in [0.1, 0.15) is 45.0 Å². The summed E-state index contributed by atoms with van der Waals surface area (Å²) in [6.07, 6.45) is 8.05. The van der Waals surface area contributed by atoms with E-state index in [0.29, 0.717) is 0 Å². The van der Waals surface area contributed by atoms with Gasteiger partial charge in [0.15, 0.2) is 0 Å². The predicted octanol–water partition coefficient (Wildman–Crippen LogP) is 7.57. The van der Waals surface area contributed by atoms with Crippen molar-refractivity contribution in [2.24, 2.45) is 0 Å². The van der Waals surface area contributed by atoms with Crippen LogP contribution < -0.4 is 0 Å². The number of nitrogens with zero attached hydrogens (tertiary/aromatic N) is 2. The zero-order valence-corrected chi connectivity index (χ0v) is 21.4. The summed E-state index contributed by atoms with van der Waals surface area (Å²) in [7, 11) is 0. The second-order valence-electron chi connectivity index (χ2n) is 8.93. The van der Waals surface area contributed by atoms with Crippen molar-refractivity contribution >= 4 is 46.4 Å². The van der Waals surface area contributed by atoms with E-state index in [1.54, 1.807) is 0 Å². The molecule has 2 aliphatic rings. The van der Waals surface area contributed by atoms with Gasteiger partial charge in [-0.3, -0.25) is 0 Å². The van der Waals surface area contributed by atoms with Crippen molar-refractivity contribution in [3.8, 4) is 0 Å². The zero-order chi connectivity index (χ0) is 23.7. The maximum Gasteiger partial charge on any atom is 0.0659 e. The van der Waals surface area contributed by atoms with Crippen molar-refractivity contribution in [1.29, 1.82) is 0 Å². The Labute approximate surface area is 216 Å². The molecule has 1 aromatic carbocycles. The molecule has 0 saturated heterocycles. The molecule has 5 heterocycles. The van der Waals surface area contributed by atoms with Crippen LogP contribution in [-0.4, -0.2) is 19.9 Å². The van der Waals surface area contributed by atoms with Crippen molar-refractivity contribution in [3.05, 3.63) is 106 Å². The van der Waals surface area contributed by atoms with Gasteiger partial charge >= 0.3 is 0 Å². The van der Waals surface area contributed by atoms with Gasteiger partial charge < -0.3 is 9.97 Å². The number of aromatic amines is 2. The minimum atomic E-state index is 0. The third kappa shape index (κ3) is 5.88. The first kappa shape index (κ1) is 24.5. The first-order valence-corrected chi connectivity index (χ1v) is 11.5. The van der Waals surface area contributed by atoms with Crippen molar-refractivity contribution in [1.82, 2.24) is 19.9 Å². The SMILES string of the molecule is C1=Cc2cc3ccc(cc4ccc(cc5nc(cc1n2)C=C5)[nH]4)[nH]3.Cc1cc(C)c(C)cc1C.[Co]. The fourth-order valence-electron chi connectivity index (χ4n) is 4.05. The van der Waals surface area contributed by atoms with E-state index in [2.05, 4.69) is 90.1 Å². The van der Waals surface area contributed by atoms with E-state index >= 15 is 0 Å². The van der Waals surface area contributed by atoms with E-state index in [0.717, 1.165) is 44.8 Å². The van der Waals surface area contributed by atoms with Gasteiger partial charge in [0.05, 0.1) is 22.8 Å². The van der Waals surface area contributed by atoms with Crippen LogP contribution in [0.5, 0.6) is 0 Å². The second kappa shape index (κ2) is 10.3. The number of aromatic nitrogens is 4. The molecule has 0 saturated carbocycles. The fourth-order valence-corrected chi connectivity index (χ4v) is 4.05. The molecule has 5 heteroatoms. The summed E-state index contributed by atoms with van der Waals surface area (Å²) >= 11 is 0. The topological polar surface area (TPSA) is 57.4 Å². The van der Waals surface area contributed by atoms with Crippen LogP contribution >= 0.6 is 0 Å². The number of hydrogen-bond acceptors (Lipinski definition) is 2. The molecular weight excluding hydrogens is 475 g/mol. The first-order chi connectivity index (χ1) is 16.4. The molecule has 0 spiro atoms. The van der Waals surface area contributed by atoms with Crippen LogP contribution in [0.2, 0.25) is 0 Å². The van der Waals surface area contributed by atoms with Crippen LogP contribution in [0.25, 0.3) is 46.4 Å². The second-order valence-corrected chi connectivity index (χ2v) is 8.93. The molecule has 4 nitrogen and oxygen atoms in total. The largest absolute Gasteiger partial charge is 0.355 e. The summed E-state index contributed by atoms with van der Waals surface area (Å²) in [6, 6.07) is 20.9. The summed E-state index contributed by atoms with van der Waals surface area (Å²) < 4.78 is 0. The van der Waals surface area contributed by atoms with Gasteiger partial charge in [0.2, 0.25) is 0 Å². The Morgan fingerprint density at radius 2 is 0.743 bits per heavy atom. The van der Waals surface area contributed by atoms with Crippen molar-refractivity contribution in [3.63, 3.8) is 0 Å². The van der Waals surface area contributed by atoms with Gasteiger partial charge in [-0.25, -0.2) is 9.97 Å². The Bertz CT molecular complexity index is 1460. The molecule has 0 atom stereocenters. The average Bonchev–Trinajstić information content (AvgIpc) is 3.59. The summed E-state index contributed by atoms with van der Waals surface area (Å²) in [6.45, 7) is 8.62. The van der Waals surface area contributed by atoms with Crippen LogP contribution in [0, 0.1) is 27.7 Å². The van der Waals surface area contributed by atoms with Gasteiger partial charge in [0.1, 0.15) is 0 Å². The molecule has 8 bridgehead atoms. The Balaban J connectivity index is 0.000000224. The smallest absolute Gasteiger partial charge is 0.0659 e. The van der Waals surface area contributed by atoms with Crippen LogP contribution in [0.4, 0.5) is 0 Å². The van der Waals surface area contributed by atoms with Crippen LogP contribution in [-0.2, 0) is 16.8 Å². The fraction of sp³-hybridized carbons (Fsp3) is 0.133. The Morgan fingerprint density at radius 1 is 0.429 bits per heavy atom. The quantitative estimate of drug-likeness (QED) is 0.225. The number of benzene rings is 1. The van der Waals surface area contributed by atoms with Gasteiger partial charge in [0.25, 0.3) is 0 Å². The molecule has 35 heavy (non-hydrogen) atoms. The zero-order valence-electron chi connectivity index (χ0n) is 20.3.